The first-order valence-corrected chi connectivity index (χ1v) is 7.64. The predicted octanol–water partition coefficient (Wildman–Crippen LogP) is 4.32. The first kappa shape index (κ1) is 13.5. The van der Waals surface area contributed by atoms with Crippen molar-refractivity contribution < 1.29 is 9.13 Å². The Morgan fingerprint density at radius 1 is 1.29 bits per heavy atom. The molecule has 2 rings (SSSR count). The summed E-state index contributed by atoms with van der Waals surface area (Å²) in [5.74, 6) is -0.119. The monoisotopic (exact) mass is 364 g/mol. The van der Waals surface area contributed by atoms with E-state index in [0.29, 0.717) is 0 Å². The third kappa shape index (κ3) is 3.30. The summed E-state index contributed by atoms with van der Waals surface area (Å²) in [6.45, 7) is 1.56. The molecule has 0 aliphatic carbocycles. The highest BCUT2D eigenvalue weighted by Gasteiger charge is 2.32. The summed E-state index contributed by atoms with van der Waals surface area (Å²) in [4.78, 5) is 0. The van der Waals surface area contributed by atoms with Gasteiger partial charge in [0.05, 0.1) is 0 Å². The van der Waals surface area contributed by atoms with Crippen molar-refractivity contribution >= 4 is 31.9 Å². The van der Waals surface area contributed by atoms with Crippen molar-refractivity contribution in [3.8, 4) is 0 Å². The quantitative estimate of drug-likeness (QED) is 0.724. The summed E-state index contributed by atoms with van der Waals surface area (Å²) < 4.78 is 20.0. The Morgan fingerprint density at radius 3 is 2.59 bits per heavy atom. The Labute approximate surface area is 118 Å². The summed E-state index contributed by atoms with van der Waals surface area (Å²) in [5.41, 5.74) is 0.946. The number of hydrogen-bond donors (Lipinski definition) is 0. The molecule has 1 nitrogen and oxygen atoms in total. The Kier molecular flexibility index (Phi) is 4.61. The highest BCUT2D eigenvalue weighted by molar-refractivity contribution is 9.10. The number of rotatable bonds is 3. The van der Waals surface area contributed by atoms with Gasteiger partial charge in [0.25, 0.3) is 0 Å². The van der Waals surface area contributed by atoms with E-state index in [1.54, 1.807) is 0 Å². The molecule has 0 amide bonds. The second-order valence-electron chi connectivity index (χ2n) is 4.66. The van der Waals surface area contributed by atoms with Gasteiger partial charge in [0.15, 0.2) is 0 Å². The molecule has 1 aromatic carbocycles. The van der Waals surface area contributed by atoms with Crippen LogP contribution in [-0.2, 0) is 11.2 Å². The van der Waals surface area contributed by atoms with Gasteiger partial charge < -0.3 is 4.74 Å². The van der Waals surface area contributed by atoms with Gasteiger partial charge in [-0.3, -0.25) is 0 Å². The zero-order chi connectivity index (χ0) is 12.3. The van der Waals surface area contributed by atoms with Crippen LogP contribution in [0.15, 0.2) is 22.7 Å². The van der Waals surface area contributed by atoms with Crippen LogP contribution in [0.3, 0.4) is 0 Å². The lowest BCUT2D eigenvalue weighted by Crippen LogP contribution is -2.33. The summed E-state index contributed by atoms with van der Waals surface area (Å²) >= 11 is 6.86. The fraction of sp³-hybridized carbons (Fsp3) is 0.538. The molecular formula is C13H15Br2FO. The lowest BCUT2D eigenvalue weighted by Gasteiger charge is -2.35. The minimum atomic E-state index is -0.119. The van der Waals surface area contributed by atoms with Gasteiger partial charge >= 0.3 is 0 Å². The molecule has 4 heteroatoms. The summed E-state index contributed by atoms with van der Waals surface area (Å²) in [6, 6.07) is 5.32. The van der Waals surface area contributed by atoms with Crippen molar-refractivity contribution in [3.05, 3.63) is 34.1 Å². The van der Waals surface area contributed by atoms with Crippen LogP contribution < -0.4 is 0 Å². The van der Waals surface area contributed by atoms with Crippen molar-refractivity contribution in [2.75, 3.05) is 18.5 Å². The maximum atomic E-state index is 13.8. The second kappa shape index (κ2) is 5.81. The molecule has 0 aromatic heterocycles. The average molecular weight is 366 g/mol. The minimum absolute atomic E-state index is 0.119. The van der Waals surface area contributed by atoms with Crippen molar-refractivity contribution in [3.63, 3.8) is 0 Å². The third-order valence-corrected chi connectivity index (χ3v) is 5.10. The summed E-state index contributed by atoms with van der Waals surface area (Å²) in [7, 11) is 0. The second-order valence-corrected chi connectivity index (χ2v) is 6.13. The molecule has 17 heavy (non-hydrogen) atoms. The first-order chi connectivity index (χ1) is 8.15. The van der Waals surface area contributed by atoms with Crippen LogP contribution in [0.1, 0.15) is 18.4 Å². The smallest absolute Gasteiger partial charge is 0.127 e. The zero-order valence-corrected chi connectivity index (χ0v) is 12.7. The molecule has 1 aliphatic heterocycles. The van der Waals surface area contributed by atoms with E-state index in [2.05, 4.69) is 31.9 Å². The fourth-order valence-corrected chi connectivity index (χ4v) is 3.32. The molecule has 1 heterocycles. The molecular weight excluding hydrogens is 351 g/mol. The van der Waals surface area contributed by atoms with Crippen LogP contribution >= 0.6 is 31.9 Å². The summed E-state index contributed by atoms with van der Waals surface area (Å²) in [5, 5.41) is 0.902. The third-order valence-electron chi connectivity index (χ3n) is 3.42. The lowest BCUT2D eigenvalue weighted by atomic mass is 9.77. The van der Waals surface area contributed by atoms with Crippen LogP contribution in [0, 0.1) is 11.2 Å². The standard InChI is InChI=1S/C13H15Br2FO/c14-9-13(3-5-17-6-4-13)8-10-1-2-11(15)7-12(10)16/h1-2,7H,3-6,8-9H2. The molecule has 0 bridgehead atoms. The summed E-state index contributed by atoms with van der Waals surface area (Å²) in [6.07, 6.45) is 2.77. The molecule has 1 fully saturated rings. The van der Waals surface area contributed by atoms with E-state index in [9.17, 15) is 4.39 Å². The topological polar surface area (TPSA) is 9.23 Å². The number of ether oxygens (including phenoxy) is 1. The van der Waals surface area contributed by atoms with E-state index in [-0.39, 0.29) is 11.2 Å². The van der Waals surface area contributed by atoms with Crippen LogP contribution in [-0.4, -0.2) is 18.5 Å². The van der Waals surface area contributed by atoms with E-state index in [1.165, 1.54) is 6.07 Å². The van der Waals surface area contributed by atoms with E-state index >= 15 is 0 Å². The highest BCUT2D eigenvalue weighted by Crippen LogP contribution is 2.36. The number of hydrogen-bond acceptors (Lipinski definition) is 1. The molecule has 0 N–H and O–H groups in total. The van der Waals surface area contributed by atoms with Crippen LogP contribution in [0.4, 0.5) is 4.39 Å². The Bertz CT molecular complexity index is 389. The number of halogens is 3. The fourth-order valence-electron chi connectivity index (χ4n) is 2.23. The van der Waals surface area contributed by atoms with Gasteiger partial charge in [-0.05, 0) is 42.4 Å². The number of benzene rings is 1. The Balaban J connectivity index is 2.17. The van der Waals surface area contributed by atoms with Gasteiger partial charge in [-0.25, -0.2) is 4.39 Å². The molecule has 0 atom stereocenters. The SMILES string of the molecule is Fc1cc(Br)ccc1CC1(CBr)CCOCC1. The minimum Gasteiger partial charge on any atom is -0.381 e. The largest absolute Gasteiger partial charge is 0.381 e. The average Bonchev–Trinajstić information content (AvgIpc) is 2.34. The van der Waals surface area contributed by atoms with Gasteiger partial charge in [-0.1, -0.05) is 37.9 Å². The van der Waals surface area contributed by atoms with Crippen molar-refractivity contribution in [1.82, 2.24) is 0 Å². The van der Waals surface area contributed by atoms with Gasteiger partial charge in [-0.15, -0.1) is 0 Å². The molecule has 94 valence electrons. The Hall–Kier alpha value is 0.0700. The van der Waals surface area contributed by atoms with Gasteiger partial charge in [0.1, 0.15) is 5.82 Å². The van der Waals surface area contributed by atoms with E-state index in [0.717, 1.165) is 47.8 Å². The van der Waals surface area contributed by atoms with Gasteiger partial charge in [-0.2, -0.15) is 0 Å². The van der Waals surface area contributed by atoms with Crippen molar-refractivity contribution in [1.29, 1.82) is 0 Å². The number of alkyl halides is 1. The molecule has 1 aromatic rings. The molecule has 0 radical (unpaired) electrons. The Morgan fingerprint density at radius 2 is 2.00 bits per heavy atom. The van der Waals surface area contributed by atoms with Crippen molar-refractivity contribution in [2.24, 2.45) is 5.41 Å². The lowest BCUT2D eigenvalue weighted by molar-refractivity contribution is 0.0266. The molecule has 0 unspecified atom stereocenters. The normalized spacial score (nSPS) is 19.2. The molecule has 1 aliphatic rings. The van der Waals surface area contributed by atoms with Crippen LogP contribution in [0.25, 0.3) is 0 Å². The molecule has 1 saturated heterocycles. The first-order valence-electron chi connectivity index (χ1n) is 5.73. The molecule has 0 spiro atoms. The maximum Gasteiger partial charge on any atom is 0.127 e. The van der Waals surface area contributed by atoms with Crippen LogP contribution in [0.2, 0.25) is 0 Å². The molecule has 0 saturated carbocycles. The van der Waals surface area contributed by atoms with E-state index in [4.69, 9.17) is 4.74 Å². The van der Waals surface area contributed by atoms with Gasteiger partial charge in [0, 0.05) is 23.0 Å². The van der Waals surface area contributed by atoms with E-state index in [1.807, 2.05) is 12.1 Å². The van der Waals surface area contributed by atoms with Crippen LogP contribution in [0.5, 0.6) is 0 Å². The van der Waals surface area contributed by atoms with Gasteiger partial charge in [0.2, 0.25) is 0 Å². The van der Waals surface area contributed by atoms with E-state index < -0.39 is 0 Å². The highest BCUT2D eigenvalue weighted by atomic mass is 79.9. The zero-order valence-electron chi connectivity index (χ0n) is 9.52. The predicted molar refractivity (Wildman–Crippen MR) is 74.1 cm³/mol. The van der Waals surface area contributed by atoms with Crippen molar-refractivity contribution in [2.45, 2.75) is 19.3 Å². The maximum absolute atomic E-state index is 13.8.